The molecule has 0 atom stereocenters. The van der Waals surface area contributed by atoms with Gasteiger partial charge in [0.15, 0.2) is 0 Å². The fraction of sp³-hybridized carbons (Fsp3) is 0.611. The Morgan fingerprint density at radius 3 is 2.17 bits per heavy atom. The van der Waals surface area contributed by atoms with Gasteiger partial charge in [-0.05, 0) is 36.8 Å². The molecule has 0 radical (unpaired) electrons. The van der Waals surface area contributed by atoms with Gasteiger partial charge in [-0.15, -0.1) is 0 Å². The summed E-state index contributed by atoms with van der Waals surface area (Å²) in [5, 5.41) is 2.96. The Hall–Kier alpha value is -1.40. The first kappa shape index (κ1) is 18.9. The lowest BCUT2D eigenvalue weighted by atomic mass is 10.0. The summed E-state index contributed by atoms with van der Waals surface area (Å²) in [6, 6.07) is 5.95. The van der Waals surface area contributed by atoms with Crippen LogP contribution in [0.5, 0.6) is 0 Å². The smallest absolute Gasteiger partial charge is 0.239 e. The Balaban J connectivity index is 2.17. The second-order valence-electron chi connectivity index (χ2n) is 6.45. The maximum Gasteiger partial charge on any atom is 0.239 e. The van der Waals surface area contributed by atoms with Gasteiger partial charge < -0.3 is 5.32 Å². The van der Waals surface area contributed by atoms with E-state index in [9.17, 15) is 13.2 Å². The fourth-order valence-electron chi connectivity index (χ4n) is 3.43. The van der Waals surface area contributed by atoms with E-state index in [0.29, 0.717) is 0 Å². The van der Waals surface area contributed by atoms with E-state index in [1.807, 2.05) is 32.0 Å². The lowest BCUT2D eigenvalue weighted by Gasteiger charge is -2.26. The minimum Gasteiger partial charge on any atom is -0.324 e. The number of carbonyl (C=O) groups is 1. The number of hydrogen-bond donors (Lipinski definition) is 1. The van der Waals surface area contributed by atoms with Crippen molar-refractivity contribution in [3.8, 4) is 0 Å². The van der Waals surface area contributed by atoms with E-state index in [0.717, 1.165) is 55.3 Å². The minimum absolute atomic E-state index is 0.0437. The normalized spacial score (nSPS) is 15.8. The molecular formula is C18H28N2O3S. The van der Waals surface area contributed by atoms with Gasteiger partial charge in [0.25, 0.3) is 0 Å². The zero-order valence-electron chi connectivity index (χ0n) is 14.8. The van der Waals surface area contributed by atoms with Gasteiger partial charge in [0.2, 0.25) is 15.9 Å². The molecule has 5 nitrogen and oxygen atoms in total. The van der Waals surface area contributed by atoms with Crippen LogP contribution in [0.2, 0.25) is 0 Å². The van der Waals surface area contributed by atoms with E-state index in [1.54, 1.807) is 0 Å². The van der Waals surface area contributed by atoms with E-state index in [-0.39, 0.29) is 18.5 Å². The number of nitrogens with one attached hydrogen (secondary N) is 1. The highest BCUT2D eigenvalue weighted by Gasteiger charge is 2.31. The van der Waals surface area contributed by atoms with Crippen molar-refractivity contribution in [2.45, 2.75) is 58.4 Å². The van der Waals surface area contributed by atoms with Crippen LogP contribution < -0.4 is 5.32 Å². The Morgan fingerprint density at radius 2 is 1.71 bits per heavy atom. The number of benzene rings is 1. The molecule has 0 spiro atoms. The highest BCUT2D eigenvalue weighted by Crippen LogP contribution is 2.26. The molecule has 24 heavy (non-hydrogen) atoms. The number of hydrogen-bond acceptors (Lipinski definition) is 3. The molecule has 6 heteroatoms. The molecule has 1 aliphatic carbocycles. The van der Waals surface area contributed by atoms with Crippen LogP contribution in [0, 0.1) is 0 Å². The van der Waals surface area contributed by atoms with Crippen molar-refractivity contribution >= 4 is 21.6 Å². The molecule has 1 aliphatic rings. The third kappa shape index (κ3) is 4.57. The first-order chi connectivity index (χ1) is 11.4. The molecule has 0 saturated heterocycles. The predicted octanol–water partition coefficient (Wildman–Crippen LogP) is 2.95. The van der Waals surface area contributed by atoms with E-state index >= 15 is 0 Å². The zero-order valence-corrected chi connectivity index (χ0v) is 15.7. The quantitative estimate of drug-likeness (QED) is 0.820. The Labute approximate surface area is 145 Å². The molecule has 0 aliphatic heterocycles. The summed E-state index contributed by atoms with van der Waals surface area (Å²) in [5.41, 5.74) is 3.00. The standard InChI is InChI=1S/C18H28N2O3S/c1-4-14-9-8-10-15(5-2)18(14)19-17(21)13-20(24(3,22)23)16-11-6-7-12-16/h8-10,16H,4-7,11-13H2,1-3H3,(H,19,21). The first-order valence-corrected chi connectivity index (χ1v) is 10.6. The maximum atomic E-state index is 12.5. The van der Waals surface area contributed by atoms with Crippen LogP contribution in [0.15, 0.2) is 18.2 Å². The van der Waals surface area contributed by atoms with E-state index < -0.39 is 10.0 Å². The predicted molar refractivity (Wildman–Crippen MR) is 97.6 cm³/mol. The molecule has 0 unspecified atom stereocenters. The summed E-state index contributed by atoms with van der Waals surface area (Å²) < 4.78 is 25.6. The SMILES string of the molecule is CCc1cccc(CC)c1NC(=O)CN(C1CCCC1)S(C)(=O)=O. The molecule has 1 aromatic rings. The highest BCUT2D eigenvalue weighted by atomic mass is 32.2. The molecule has 2 rings (SSSR count). The Bertz CT molecular complexity index is 657. The molecule has 1 saturated carbocycles. The highest BCUT2D eigenvalue weighted by molar-refractivity contribution is 7.88. The van der Waals surface area contributed by atoms with Crippen molar-refractivity contribution in [1.29, 1.82) is 0 Å². The molecule has 1 N–H and O–H groups in total. The van der Waals surface area contributed by atoms with Gasteiger partial charge in [0.05, 0.1) is 12.8 Å². The average molecular weight is 353 g/mol. The van der Waals surface area contributed by atoms with Crippen molar-refractivity contribution in [3.05, 3.63) is 29.3 Å². The summed E-state index contributed by atoms with van der Waals surface area (Å²) in [4.78, 5) is 12.5. The lowest BCUT2D eigenvalue weighted by Crippen LogP contribution is -2.43. The van der Waals surface area contributed by atoms with Crippen molar-refractivity contribution in [2.75, 3.05) is 18.1 Å². The van der Waals surface area contributed by atoms with Crippen molar-refractivity contribution < 1.29 is 13.2 Å². The van der Waals surface area contributed by atoms with Gasteiger partial charge in [-0.25, -0.2) is 8.42 Å². The van der Waals surface area contributed by atoms with Gasteiger partial charge in [-0.2, -0.15) is 4.31 Å². The van der Waals surface area contributed by atoms with Crippen molar-refractivity contribution in [3.63, 3.8) is 0 Å². The number of amides is 1. The summed E-state index contributed by atoms with van der Waals surface area (Å²) in [6.07, 6.45) is 6.56. The first-order valence-electron chi connectivity index (χ1n) is 8.74. The molecule has 134 valence electrons. The largest absolute Gasteiger partial charge is 0.324 e. The minimum atomic E-state index is -3.39. The van der Waals surface area contributed by atoms with E-state index in [4.69, 9.17) is 0 Å². The summed E-state index contributed by atoms with van der Waals surface area (Å²) >= 11 is 0. The number of carbonyl (C=O) groups excluding carboxylic acids is 1. The molecule has 0 aromatic heterocycles. The van der Waals surface area contributed by atoms with Gasteiger partial charge in [0.1, 0.15) is 0 Å². The average Bonchev–Trinajstić information content (AvgIpc) is 3.05. The molecule has 1 amide bonds. The molecule has 0 heterocycles. The number of aryl methyl sites for hydroxylation is 2. The third-order valence-electron chi connectivity index (χ3n) is 4.72. The van der Waals surface area contributed by atoms with Gasteiger partial charge in [-0.3, -0.25) is 4.79 Å². The zero-order chi connectivity index (χ0) is 17.7. The molecule has 1 fully saturated rings. The van der Waals surface area contributed by atoms with Gasteiger partial charge >= 0.3 is 0 Å². The van der Waals surface area contributed by atoms with E-state index in [2.05, 4.69) is 5.32 Å². The maximum absolute atomic E-state index is 12.5. The van der Waals surface area contributed by atoms with Crippen molar-refractivity contribution in [2.24, 2.45) is 0 Å². The molecular weight excluding hydrogens is 324 g/mol. The summed E-state index contributed by atoms with van der Waals surface area (Å²) in [5.74, 6) is -0.261. The van der Waals surface area contributed by atoms with Crippen LogP contribution in [-0.4, -0.2) is 37.5 Å². The van der Waals surface area contributed by atoms with Gasteiger partial charge in [-0.1, -0.05) is 44.9 Å². The topological polar surface area (TPSA) is 66.5 Å². The fourth-order valence-corrected chi connectivity index (χ4v) is 4.54. The summed E-state index contributed by atoms with van der Waals surface area (Å²) in [7, 11) is -3.39. The number of nitrogens with zero attached hydrogens (tertiary/aromatic N) is 1. The van der Waals surface area contributed by atoms with Crippen molar-refractivity contribution in [1.82, 2.24) is 4.31 Å². The van der Waals surface area contributed by atoms with Crippen LogP contribution in [0.4, 0.5) is 5.69 Å². The van der Waals surface area contributed by atoms with Crippen LogP contribution in [-0.2, 0) is 27.7 Å². The van der Waals surface area contributed by atoms with Crippen LogP contribution in [0.1, 0.15) is 50.7 Å². The third-order valence-corrected chi connectivity index (χ3v) is 6.00. The number of sulfonamides is 1. The molecule has 0 bridgehead atoms. The second-order valence-corrected chi connectivity index (χ2v) is 8.39. The molecule has 1 aromatic carbocycles. The van der Waals surface area contributed by atoms with E-state index in [1.165, 1.54) is 10.6 Å². The van der Waals surface area contributed by atoms with Crippen LogP contribution in [0.3, 0.4) is 0 Å². The van der Waals surface area contributed by atoms with Crippen LogP contribution in [0.25, 0.3) is 0 Å². The number of rotatable bonds is 7. The Kier molecular flexibility index (Phi) is 6.40. The van der Waals surface area contributed by atoms with Crippen LogP contribution >= 0.6 is 0 Å². The van der Waals surface area contributed by atoms with Gasteiger partial charge in [0, 0.05) is 11.7 Å². The second kappa shape index (κ2) is 8.12. The Morgan fingerprint density at radius 1 is 1.17 bits per heavy atom. The number of anilines is 1. The lowest BCUT2D eigenvalue weighted by molar-refractivity contribution is -0.116. The number of para-hydroxylation sites is 1. The summed E-state index contributed by atoms with van der Waals surface area (Å²) in [6.45, 7) is 3.99. The monoisotopic (exact) mass is 352 g/mol.